The number of para-hydroxylation sites is 1. The molecule has 0 bridgehead atoms. The molecule has 0 aliphatic carbocycles. The Bertz CT molecular complexity index is 732. The lowest BCUT2D eigenvalue weighted by molar-refractivity contribution is 0.230. The number of rotatable bonds is 3. The Balaban J connectivity index is 1.91. The lowest BCUT2D eigenvalue weighted by Gasteiger charge is -2.29. The third-order valence-corrected chi connectivity index (χ3v) is 4.21. The van der Waals surface area contributed by atoms with E-state index in [4.69, 9.17) is 5.26 Å². The zero-order chi connectivity index (χ0) is 15.5. The first-order valence-electron chi connectivity index (χ1n) is 7.51. The van der Waals surface area contributed by atoms with Crippen molar-refractivity contribution in [3.05, 3.63) is 46.6 Å². The van der Waals surface area contributed by atoms with Crippen LogP contribution in [-0.4, -0.2) is 38.9 Å². The molecule has 6 nitrogen and oxygen atoms in total. The second-order valence-corrected chi connectivity index (χ2v) is 5.64. The van der Waals surface area contributed by atoms with Crippen molar-refractivity contribution in [2.75, 3.05) is 19.6 Å². The van der Waals surface area contributed by atoms with Gasteiger partial charge in [-0.3, -0.25) is 4.90 Å². The van der Waals surface area contributed by atoms with Crippen LogP contribution in [0.4, 0.5) is 0 Å². The highest BCUT2D eigenvalue weighted by atomic mass is 16.2. The summed E-state index contributed by atoms with van der Waals surface area (Å²) in [7, 11) is 1.69. The smallest absolute Gasteiger partial charge is 0.291 e. The predicted octanol–water partition coefficient (Wildman–Crippen LogP) is 1.27. The molecule has 1 aliphatic heterocycles. The quantitative estimate of drug-likeness (QED) is 0.800. The van der Waals surface area contributed by atoms with E-state index in [1.54, 1.807) is 11.6 Å². The van der Waals surface area contributed by atoms with Crippen LogP contribution in [-0.2, 0) is 7.05 Å². The molecule has 0 N–H and O–H groups in total. The number of likely N-dealkylation sites (tertiary alicyclic amines) is 1. The zero-order valence-corrected chi connectivity index (χ0v) is 12.6. The zero-order valence-electron chi connectivity index (χ0n) is 12.6. The average molecular weight is 297 g/mol. The van der Waals surface area contributed by atoms with Crippen LogP contribution < -0.4 is 5.69 Å². The molecule has 0 radical (unpaired) electrons. The van der Waals surface area contributed by atoms with Crippen LogP contribution in [0.15, 0.2) is 35.1 Å². The molecule has 2 heterocycles. The van der Waals surface area contributed by atoms with E-state index in [0.717, 1.165) is 37.4 Å². The number of benzene rings is 1. The van der Waals surface area contributed by atoms with Gasteiger partial charge in [0.25, 0.3) is 0 Å². The van der Waals surface area contributed by atoms with E-state index in [2.05, 4.69) is 16.1 Å². The lowest BCUT2D eigenvalue weighted by atomic mass is 9.96. The van der Waals surface area contributed by atoms with Crippen LogP contribution in [0.1, 0.15) is 24.6 Å². The van der Waals surface area contributed by atoms with Gasteiger partial charge in [-0.05, 0) is 38.1 Å². The first-order chi connectivity index (χ1) is 10.7. The topological polar surface area (TPSA) is 66.8 Å². The number of nitriles is 1. The Kier molecular flexibility index (Phi) is 4.07. The maximum absolute atomic E-state index is 12.4. The first kappa shape index (κ1) is 14.5. The molecule has 0 saturated carbocycles. The highest BCUT2D eigenvalue weighted by Crippen LogP contribution is 2.27. The lowest BCUT2D eigenvalue weighted by Crippen LogP contribution is -2.34. The van der Waals surface area contributed by atoms with Gasteiger partial charge in [0.2, 0.25) is 0 Å². The Labute approximate surface area is 129 Å². The van der Waals surface area contributed by atoms with Gasteiger partial charge < -0.3 is 0 Å². The molecule has 1 saturated heterocycles. The molecule has 0 spiro atoms. The first-order valence-corrected chi connectivity index (χ1v) is 7.51. The molecule has 3 rings (SSSR count). The third kappa shape index (κ3) is 2.68. The minimum atomic E-state index is -0.111. The fourth-order valence-electron chi connectivity index (χ4n) is 3.02. The van der Waals surface area contributed by atoms with Crippen LogP contribution in [0.3, 0.4) is 0 Å². The Morgan fingerprint density at radius 2 is 1.95 bits per heavy atom. The van der Waals surface area contributed by atoms with Crippen molar-refractivity contribution in [1.82, 2.24) is 19.2 Å². The van der Waals surface area contributed by atoms with Crippen LogP contribution in [0.5, 0.6) is 0 Å². The minimum Gasteiger partial charge on any atom is -0.291 e. The van der Waals surface area contributed by atoms with Crippen LogP contribution in [0.25, 0.3) is 5.69 Å². The number of hydrogen-bond donors (Lipinski definition) is 0. The summed E-state index contributed by atoms with van der Waals surface area (Å²) in [5.41, 5.74) is 0.746. The Morgan fingerprint density at radius 1 is 1.27 bits per heavy atom. The molecule has 1 aromatic heterocycles. The summed E-state index contributed by atoms with van der Waals surface area (Å²) in [5.74, 6) is 1.08. The van der Waals surface area contributed by atoms with Crippen molar-refractivity contribution < 1.29 is 0 Å². The summed E-state index contributed by atoms with van der Waals surface area (Å²) in [4.78, 5) is 14.6. The maximum atomic E-state index is 12.4. The number of aryl methyl sites for hydroxylation is 1. The van der Waals surface area contributed by atoms with Gasteiger partial charge in [-0.15, -0.1) is 0 Å². The van der Waals surface area contributed by atoms with Crippen molar-refractivity contribution in [3.63, 3.8) is 0 Å². The number of piperidine rings is 1. The Morgan fingerprint density at radius 3 is 2.59 bits per heavy atom. The van der Waals surface area contributed by atoms with E-state index in [0.29, 0.717) is 6.54 Å². The van der Waals surface area contributed by atoms with Gasteiger partial charge in [-0.2, -0.15) is 10.4 Å². The molecule has 1 aliphatic rings. The maximum Gasteiger partial charge on any atom is 0.350 e. The van der Waals surface area contributed by atoms with Crippen LogP contribution in [0, 0.1) is 11.3 Å². The fourth-order valence-corrected chi connectivity index (χ4v) is 3.02. The standard InChI is InChI=1S/C16H19N5O/c1-19-16(22)21(14-5-3-2-4-6-14)15(18-19)13-7-10-20(11-8-13)12-9-17/h2-6,13H,7-8,10-12H2,1H3. The molecule has 0 unspecified atom stereocenters. The predicted molar refractivity (Wildman–Crippen MR) is 82.8 cm³/mol. The number of hydrogen-bond acceptors (Lipinski definition) is 4. The summed E-state index contributed by atoms with van der Waals surface area (Å²) in [6, 6.07) is 11.8. The highest BCUT2D eigenvalue weighted by Gasteiger charge is 2.26. The molecule has 1 aromatic carbocycles. The van der Waals surface area contributed by atoms with Gasteiger partial charge in [-0.25, -0.2) is 14.0 Å². The summed E-state index contributed by atoms with van der Waals surface area (Å²) in [5, 5.41) is 13.2. The van der Waals surface area contributed by atoms with Gasteiger partial charge in [0.05, 0.1) is 18.3 Å². The molecule has 2 aromatic rings. The summed E-state index contributed by atoms with van der Waals surface area (Å²) >= 11 is 0. The molecular formula is C16H19N5O. The van der Waals surface area contributed by atoms with Crippen molar-refractivity contribution in [2.45, 2.75) is 18.8 Å². The van der Waals surface area contributed by atoms with Gasteiger partial charge >= 0.3 is 5.69 Å². The van der Waals surface area contributed by atoms with E-state index in [1.165, 1.54) is 4.68 Å². The fraction of sp³-hybridized carbons (Fsp3) is 0.438. The van der Waals surface area contributed by atoms with Gasteiger partial charge in [0.1, 0.15) is 5.82 Å². The van der Waals surface area contributed by atoms with Gasteiger partial charge in [0, 0.05) is 13.0 Å². The van der Waals surface area contributed by atoms with Crippen LogP contribution >= 0.6 is 0 Å². The second-order valence-electron chi connectivity index (χ2n) is 5.64. The van der Waals surface area contributed by atoms with Crippen molar-refractivity contribution in [1.29, 1.82) is 5.26 Å². The largest absolute Gasteiger partial charge is 0.350 e. The summed E-state index contributed by atoms with van der Waals surface area (Å²) in [6.45, 7) is 2.22. The summed E-state index contributed by atoms with van der Waals surface area (Å²) in [6.07, 6.45) is 1.84. The van der Waals surface area contributed by atoms with Crippen molar-refractivity contribution in [2.24, 2.45) is 7.05 Å². The highest BCUT2D eigenvalue weighted by molar-refractivity contribution is 5.32. The third-order valence-electron chi connectivity index (χ3n) is 4.21. The SMILES string of the molecule is Cn1nc(C2CCN(CC#N)CC2)n(-c2ccccc2)c1=O. The molecule has 1 fully saturated rings. The molecule has 0 amide bonds. The molecular weight excluding hydrogens is 278 g/mol. The van der Waals surface area contributed by atoms with Gasteiger partial charge in [-0.1, -0.05) is 18.2 Å². The normalized spacial score (nSPS) is 16.5. The van der Waals surface area contributed by atoms with E-state index in [1.807, 2.05) is 30.3 Å². The van der Waals surface area contributed by atoms with Crippen LogP contribution in [0.2, 0.25) is 0 Å². The molecule has 6 heteroatoms. The average Bonchev–Trinajstić information content (AvgIpc) is 2.85. The van der Waals surface area contributed by atoms with E-state index >= 15 is 0 Å². The van der Waals surface area contributed by atoms with Crippen molar-refractivity contribution >= 4 is 0 Å². The van der Waals surface area contributed by atoms with Crippen molar-refractivity contribution in [3.8, 4) is 11.8 Å². The molecule has 114 valence electrons. The Hall–Kier alpha value is -2.39. The number of aromatic nitrogens is 3. The van der Waals surface area contributed by atoms with E-state index in [9.17, 15) is 4.79 Å². The second kappa shape index (κ2) is 6.16. The minimum absolute atomic E-state index is 0.111. The monoisotopic (exact) mass is 297 g/mol. The van der Waals surface area contributed by atoms with E-state index < -0.39 is 0 Å². The summed E-state index contributed by atoms with van der Waals surface area (Å²) < 4.78 is 3.12. The molecule has 0 atom stereocenters. The number of nitrogens with zero attached hydrogens (tertiary/aromatic N) is 5. The van der Waals surface area contributed by atoms with Gasteiger partial charge in [0.15, 0.2) is 0 Å². The van der Waals surface area contributed by atoms with E-state index in [-0.39, 0.29) is 11.6 Å². The molecule has 22 heavy (non-hydrogen) atoms.